The highest BCUT2D eigenvalue weighted by Gasteiger charge is 2.12. The molecule has 1 atom stereocenters. The Balaban J connectivity index is 2.93. The Morgan fingerprint density at radius 2 is 2.12 bits per heavy atom. The van der Waals surface area contributed by atoms with Crippen LogP contribution in [0, 0.1) is 0 Å². The number of aliphatic hydroxyl groups excluding tert-OH is 1. The summed E-state index contributed by atoms with van der Waals surface area (Å²) in [5.74, 6) is -0.0512. The summed E-state index contributed by atoms with van der Waals surface area (Å²) in [4.78, 5) is 11.0. The summed E-state index contributed by atoms with van der Waals surface area (Å²) in [7, 11) is 2.88. The molecular weight excluding hydrogens is 220 g/mol. The summed E-state index contributed by atoms with van der Waals surface area (Å²) in [6, 6.07) is 7.36. The van der Waals surface area contributed by atoms with Crippen LogP contribution in [0.15, 0.2) is 36.4 Å². The first-order chi connectivity index (χ1) is 8.22. The van der Waals surface area contributed by atoms with Crippen LogP contribution in [0.1, 0.15) is 11.5 Å². The molecule has 17 heavy (non-hydrogen) atoms. The zero-order valence-electron chi connectivity index (χ0n) is 9.92. The van der Waals surface area contributed by atoms with Crippen molar-refractivity contribution in [2.75, 3.05) is 20.8 Å². The number of ether oxygens (including phenoxy) is 2. The minimum atomic E-state index is -0.446. The highest BCUT2D eigenvalue weighted by molar-refractivity contribution is 5.81. The van der Waals surface area contributed by atoms with E-state index in [1.165, 1.54) is 13.2 Å². The maximum absolute atomic E-state index is 11.0. The number of para-hydroxylation sites is 1. The highest BCUT2D eigenvalue weighted by Crippen LogP contribution is 2.26. The Hall–Kier alpha value is -1.81. The van der Waals surface area contributed by atoms with Crippen molar-refractivity contribution in [3.8, 4) is 5.75 Å². The second kappa shape index (κ2) is 6.70. The minimum absolute atomic E-state index is 0.103. The number of rotatable bonds is 5. The Morgan fingerprint density at radius 3 is 2.71 bits per heavy atom. The topological polar surface area (TPSA) is 55.8 Å². The minimum Gasteiger partial charge on any atom is -0.496 e. The lowest BCUT2D eigenvalue weighted by molar-refractivity contribution is -0.134. The monoisotopic (exact) mass is 236 g/mol. The Bertz CT molecular complexity index is 398. The molecular formula is C13H16O4. The van der Waals surface area contributed by atoms with Gasteiger partial charge in [-0.05, 0) is 6.07 Å². The first-order valence-corrected chi connectivity index (χ1v) is 5.22. The van der Waals surface area contributed by atoms with Crippen LogP contribution in [0.25, 0.3) is 0 Å². The van der Waals surface area contributed by atoms with Crippen molar-refractivity contribution >= 4 is 5.97 Å². The summed E-state index contributed by atoms with van der Waals surface area (Å²) in [6.45, 7) is -0.103. The van der Waals surface area contributed by atoms with Gasteiger partial charge < -0.3 is 14.6 Å². The molecule has 0 radical (unpaired) electrons. The number of hydrogen-bond acceptors (Lipinski definition) is 4. The molecule has 0 aliphatic heterocycles. The lowest BCUT2D eigenvalue weighted by Gasteiger charge is -2.13. The van der Waals surface area contributed by atoms with E-state index >= 15 is 0 Å². The fraction of sp³-hybridized carbons (Fsp3) is 0.308. The number of carbonyl (C=O) groups is 1. The third-order valence-electron chi connectivity index (χ3n) is 2.40. The van der Waals surface area contributed by atoms with Crippen LogP contribution in [0.5, 0.6) is 5.75 Å². The number of benzene rings is 1. The SMILES string of the molecule is COC(=O)C=CC(CO)c1ccccc1OC. The molecule has 1 unspecified atom stereocenters. The smallest absolute Gasteiger partial charge is 0.330 e. The summed E-state index contributed by atoms with van der Waals surface area (Å²) in [5, 5.41) is 9.33. The van der Waals surface area contributed by atoms with Gasteiger partial charge in [-0.15, -0.1) is 0 Å². The van der Waals surface area contributed by atoms with Crippen LogP contribution in [0.4, 0.5) is 0 Å². The number of esters is 1. The largest absolute Gasteiger partial charge is 0.496 e. The maximum atomic E-state index is 11.0. The van der Waals surface area contributed by atoms with Crippen molar-refractivity contribution in [3.63, 3.8) is 0 Å². The second-order valence-corrected chi connectivity index (χ2v) is 3.41. The molecule has 0 amide bonds. The van der Waals surface area contributed by atoms with Crippen LogP contribution in [-0.4, -0.2) is 31.9 Å². The van der Waals surface area contributed by atoms with Gasteiger partial charge in [0.15, 0.2) is 0 Å². The zero-order valence-corrected chi connectivity index (χ0v) is 9.92. The van der Waals surface area contributed by atoms with Crippen LogP contribution in [0.3, 0.4) is 0 Å². The van der Waals surface area contributed by atoms with E-state index in [0.717, 1.165) is 5.56 Å². The van der Waals surface area contributed by atoms with Crippen molar-refractivity contribution in [1.29, 1.82) is 0 Å². The molecule has 1 aromatic carbocycles. The second-order valence-electron chi connectivity index (χ2n) is 3.41. The molecule has 4 heteroatoms. The quantitative estimate of drug-likeness (QED) is 0.621. The van der Waals surface area contributed by atoms with Crippen LogP contribution >= 0.6 is 0 Å². The van der Waals surface area contributed by atoms with E-state index < -0.39 is 5.97 Å². The molecule has 0 fully saturated rings. The van der Waals surface area contributed by atoms with E-state index in [1.807, 2.05) is 24.3 Å². The van der Waals surface area contributed by atoms with E-state index in [0.29, 0.717) is 5.75 Å². The molecule has 92 valence electrons. The molecule has 1 aromatic rings. The summed E-state index contributed by atoms with van der Waals surface area (Å²) in [5.41, 5.74) is 0.831. The van der Waals surface area contributed by atoms with Crippen molar-refractivity contribution in [2.45, 2.75) is 5.92 Å². The molecule has 0 saturated heterocycles. The van der Waals surface area contributed by atoms with E-state index in [4.69, 9.17) is 4.74 Å². The average Bonchev–Trinajstić information content (AvgIpc) is 2.39. The van der Waals surface area contributed by atoms with Crippen molar-refractivity contribution in [3.05, 3.63) is 42.0 Å². The highest BCUT2D eigenvalue weighted by atomic mass is 16.5. The molecule has 1 rings (SSSR count). The van der Waals surface area contributed by atoms with Crippen LogP contribution in [0.2, 0.25) is 0 Å². The zero-order chi connectivity index (χ0) is 12.7. The molecule has 0 aliphatic rings. The summed E-state index contributed by atoms with van der Waals surface area (Å²) in [6.07, 6.45) is 2.90. The fourth-order valence-corrected chi connectivity index (χ4v) is 1.50. The van der Waals surface area contributed by atoms with Gasteiger partial charge in [0.25, 0.3) is 0 Å². The Morgan fingerprint density at radius 1 is 1.41 bits per heavy atom. The van der Waals surface area contributed by atoms with Gasteiger partial charge in [0, 0.05) is 17.6 Å². The summed E-state index contributed by atoms with van der Waals surface area (Å²) >= 11 is 0. The molecule has 0 saturated carbocycles. The Labute approximate surface area is 100 Å². The lowest BCUT2D eigenvalue weighted by Crippen LogP contribution is -2.04. The predicted octanol–water partition coefficient (Wildman–Crippen LogP) is 1.50. The van der Waals surface area contributed by atoms with Gasteiger partial charge in [0.05, 0.1) is 20.8 Å². The molecule has 0 bridgehead atoms. The van der Waals surface area contributed by atoms with Gasteiger partial charge in [-0.3, -0.25) is 0 Å². The third kappa shape index (κ3) is 3.60. The third-order valence-corrected chi connectivity index (χ3v) is 2.40. The van der Waals surface area contributed by atoms with E-state index in [1.54, 1.807) is 13.2 Å². The van der Waals surface area contributed by atoms with E-state index in [-0.39, 0.29) is 12.5 Å². The first kappa shape index (κ1) is 13.3. The normalized spacial score (nSPS) is 12.4. The molecule has 0 aromatic heterocycles. The van der Waals surface area contributed by atoms with Crippen LogP contribution < -0.4 is 4.74 Å². The average molecular weight is 236 g/mol. The number of carbonyl (C=O) groups excluding carboxylic acids is 1. The standard InChI is InChI=1S/C13H16O4/c1-16-12-6-4-3-5-11(12)10(9-14)7-8-13(15)17-2/h3-8,10,14H,9H2,1-2H3. The van der Waals surface area contributed by atoms with E-state index in [9.17, 15) is 9.90 Å². The van der Waals surface area contributed by atoms with E-state index in [2.05, 4.69) is 4.74 Å². The predicted molar refractivity (Wildman–Crippen MR) is 64.0 cm³/mol. The lowest BCUT2D eigenvalue weighted by atomic mass is 9.98. The van der Waals surface area contributed by atoms with Crippen molar-refractivity contribution in [1.82, 2.24) is 0 Å². The molecule has 1 N–H and O–H groups in total. The maximum Gasteiger partial charge on any atom is 0.330 e. The molecule has 0 spiro atoms. The van der Waals surface area contributed by atoms with Gasteiger partial charge in [-0.1, -0.05) is 24.3 Å². The molecule has 4 nitrogen and oxygen atoms in total. The molecule has 0 aliphatic carbocycles. The van der Waals surface area contributed by atoms with Crippen molar-refractivity contribution in [2.24, 2.45) is 0 Å². The van der Waals surface area contributed by atoms with Crippen LogP contribution in [-0.2, 0) is 9.53 Å². The van der Waals surface area contributed by atoms with Gasteiger partial charge in [-0.25, -0.2) is 4.79 Å². The first-order valence-electron chi connectivity index (χ1n) is 5.22. The van der Waals surface area contributed by atoms with Crippen molar-refractivity contribution < 1.29 is 19.4 Å². The summed E-state index contributed by atoms with van der Waals surface area (Å²) < 4.78 is 9.70. The number of hydrogen-bond donors (Lipinski definition) is 1. The number of methoxy groups -OCH3 is 2. The molecule has 0 heterocycles. The number of aliphatic hydroxyl groups is 1. The Kier molecular flexibility index (Phi) is 5.23. The van der Waals surface area contributed by atoms with Gasteiger partial charge in [0.2, 0.25) is 0 Å². The fourth-order valence-electron chi connectivity index (χ4n) is 1.50. The van der Waals surface area contributed by atoms with Gasteiger partial charge >= 0.3 is 5.97 Å². The van der Waals surface area contributed by atoms with Gasteiger partial charge in [0.1, 0.15) is 5.75 Å². The van der Waals surface area contributed by atoms with Gasteiger partial charge in [-0.2, -0.15) is 0 Å².